The van der Waals surface area contributed by atoms with E-state index >= 15 is 0 Å². The van der Waals surface area contributed by atoms with E-state index in [1.165, 1.54) is 18.3 Å². The summed E-state index contributed by atoms with van der Waals surface area (Å²) in [6.45, 7) is 2.32. The smallest absolute Gasteiger partial charge is 0.231 e. The van der Waals surface area contributed by atoms with Gasteiger partial charge in [0.25, 0.3) is 0 Å². The van der Waals surface area contributed by atoms with Gasteiger partial charge in [-0.05, 0) is 29.3 Å². The number of amides is 2. The van der Waals surface area contributed by atoms with Gasteiger partial charge in [-0.2, -0.15) is 0 Å². The highest BCUT2D eigenvalue weighted by Crippen LogP contribution is 2.35. The molecule has 3 aromatic rings. The molecule has 2 amide bonds. The van der Waals surface area contributed by atoms with E-state index in [4.69, 9.17) is 4.74 Å². The number of para-hydroxylation sites is 1. The molecule has 0 saturated carbocycles. The quantitative estimate of drug-likeness (QED) is 0.597. The number of fused-ring (bicyclic) bond motifs is 2. The minimum Gasteiger partial charge on any atom is -0.383 e. The monoisotopic (exact) mass is 421 g/mol. The molecule has 7 heteroatoms. The number of benzene rings is 2. The third kappa shape index (κ3) is 3.99. The third-order valence-electron chi connectivity index (χ3n) is 5.17. The van der Waals surface area contributed by atoms with E-state index in [0.29, 0.717) is 18.3 Å². The van der Waals surface area contributed by atoms with Crippen LogP contribution in [-0.2, 0) is 14.3 Å². The van der Waals surface area contributed by atoms with Crippen LogP contribution >= 0.6 is 11.3 Å². The fourth-order valence-electron chi connectivity index (χ4n) is 3.67. The lowest BCUT2D eigenvalue weighted by molar-refractivity contribution is -0.129. The molecule has 0 saturated heterocycles. The van der Waals surface area contributed by atoms with Gasteiger partial charge in [0, 0.05) is 20.2 Å². The molecule has 154 valence electrons. The Balaban J connectivity index is 1.65. The second-order valence-corrected chi connectivity index (χ2v) is 8.10. The minimum atomic E-state index is -0.351. The first-order valence-electron chi connectivity index (χ1n) is 9.79. The summed E-state index contributed by atoms with van der Waals surface area (Å²) < 4.78 is 6.26. The lowest BCUT2D eigenvalue weighted by atomic mass is 9.93. The highest BCUT2D eigenvalue weighted by molar-refractivity contribution is 7.22. The normalized spacial score (nSPS) is 15.3. The van der Waals surface area contributed by atoms with E-state index in [9.17, 15) is 9.59 Å². The zero-order chi connectivity index (χ0) is 21.1. The van der Waals surface area contributed by atoms with Gasteiger partial charge in [-0.3, -0.25) is 14.5 Å². The van der Waals surface area contributed by atoms with Crippen molar-refractivity contribution in [2.24, 2.45) is 0 Å². The van der Waals surface area contributed by atoms with Gasteiger partial charge in [0.05, 0.1) is 35.8 Å². The van der Waals surface area contributed by atoms with Gasteiger partial charge in [0.15, 0.2) is 5.13 Å². The summed E-state index contributed by atoms with van der Waals surface area (Å²) in [6.07, 6.45) is 3.84. The SMILES string of the molecule is COCCN(C(=O)CC1c2ccccc2C=CN1C(C)=O)c1nc2ccccc2s1. The average molecular weight is 422 g/mol. The van der Waals surface area contributed by atoms with Crippen LogP contribution in [0.5, 0.6) is 0 Å². The Labute approximate surface area is 179 Å². The first-order chi connectivity index (χ1) is 14.6. The second-order valence-electron chi connectivity index (χ2n) is 7.09. The predicted molar refractivity (Wildman–Crippen MR) is 119 cm³/mol. The maximum absolute atomic E-state index is 13.4. The van der Waals surface area contributed by atoms with Crippen LogP contribution < -0.4 is 4.90 Å². The van der Waals surface area contributed by atoms with Gasteiger partial charge >= 0.3 is 0 Å². The summed E-state index contributed by atoms with van der Waals surface area (Å²) in [5, 5.41) is 0.646. The molecule has 0 fully saturated rings. The van der Waals surface area contributed by atoms with Crippen LogP contribution in [0, 0.1) is 0 Å². The first kappa shape index (κ1) is 20.3. The number of hydrogen-bond donors (Lipinski definition) is 0. The molecule has 1 aliphatic heterocycles. The van der Waals surface area contributed by atoms with Crippen LogP contribution in [0.25, 0.3) is 16.3 Å². The van der Waals surface area contributed by atoms with Gasteiger partial charge in [-0.25, -0.2) is 4.98 Å². The molecule has 1 atom stereocenters. The maximum atomic E-state index is 13.4. The highest BCUT2D eigenvalue weighted by atomic mass is 32.1. The summed E-state index contributed by atoms with van der Waals surface area (Å²) in [6, 6.07) is 15.3. The molecule has 4 rings (SSSR count). The van der Waals surface area contributed by atoms with E-state index < -0.39 is 0 Å². The summed E-state index contributed by atoms with van der Waals surface area (Å²) in [5.41, 5.74) is 2.86. The Morgan fingerprint density at radius 3 is 2.70 bits per heavy atom. The van der Waals surface area contributed by atoms with Crippen molar-refractivity contribution in [3.8, 4) is 0 Å². The number of nitrogens with zero attached hydrogens (tertiary/aromatic N) is 3. The van der Waals surface area contributed by atoms with Gasteiger partial charge in [-0.15, -0.1) is 0 Å². The third-order valence-corrected chi connectivity index (χ3v) is 6.23. The van der Waals surface area contributed by atoms with Crippen molar-refractivity contribution in [3.63, 3.8) is 0 Å². The molecule has 1 unspecified atom stereocenters. The van der Waals surface area contributed by atoms with E-state index in [1.807, 2.05) is 54.6 Å². The topological polar surface area (TPSA) is 62.7 Å². The van der Waals surface area contributed by atoms with E-state index in [2.05, 4.69) is 4.98 Å². The maximum Gasteiger partial charge on any atom is 0.231 e. The fourth-order valence-corrected chi connectivity index (χ4v) is 4.68. The van der Waals surface area contributed by atoms with Gasteiger partial charge in [0.1, 0.15) is 0 Å². The zero-order valence-corrected chi connectivity index (χ0v) is 17.8. The van der Waals surface area contributed by atoms with Crippen molar-refractivity contribution < 1.29 is 14.3 Å². The minimum absolute atomic E-state index is 0.0903. The summed E-state index contributed by atoms with van der Waals surface area (Å²) in [4.78, 5) is 33.7. The van der Waals surface area contributed by atoms with Crippen molar-refractivity contribution in [1.29, 1.82) is 0 Å². The lowest BCUT2D eigenvalue weighted by Crippen LogP contribution is -2.39. The molecule has 1 aliphatic rings. The first-order valence-corrected chi connectivity index (χ1v) is 10.6. The van der Waals surface area contributed by atoms with Crippen molar-refractivity contribution in [2.45, 2.75) is 19.4 Å². The summed E-state index contributed by atoms with van der Waals surface area (Å²) >= 11 is 1.48. The number of hydrogen-bond acceptors (Lipinski definition) is 5. The van der Waals surface area contributed by atoms with Crippen molar-refractivity contribution in [1.82, 2.24) is 9.88 Å². The Morgan fingerprint density at radius 1 is 1.17 bits per heavy atom. The van der Waals surface area contributed by atoms with Crippen LogP contribution in [0.15, 0.2) is 54.7 Å². The van der Waals surface area contributed by atoms with E-state index in [1.54, 1.807) is 23.1 Å². The molecule has 0 bridgehead atoms. The fraction of sp³-hybridized carbons (Fsp3) is 0.261. The average Bonchev–Trinajstić information content (AvgIpc) is 3.18. The zero-order valence-electron chi connectivity index (χ0n) is 16.9. The molecular weight excluding hydrogens is 398 g/mol. The Morgan fingerprint density at radius 2 is 1.93 bits per heavy atom. The van der Waals surface area contributed by atoms with E-state index in [-0.39, 0.29) is 24.3 Å². The summed E-state index contributed by atoms with van der Waals surface area (Å²) in [7, 11) is 1.61. The number of carbonyl (C=O) groups is 2. The molecule has 2 aromatic carbocycles. The van der Waals surface area contributed by atoms with Crippen LogP contribution in [-0.4, -0.2) is 42.0 Å². The second kappa shape index (κ2) is 8.77. The lowest BCUT2D eigenvalue weighted by Gasteiger charge is -2.33. The molecule has 0 N–H and O–H groups in total. The standard InChI is InChI=1S/C23H23N3O3S/c1-16(27)25-12-11-17-7-3-4-8-18(17)20(25)15-22(28)26(13-14-29-2)23-24-19-9-5-6-10-21(19)30-23/h3-12,20H,13-15H2,1-2H3. The summed E-state index contributed by atoms with van der Waals surface area (Å²) in [5.74, 6) is -0.186. The number of thiazole rings is 1. The van der Waals surface area contributed by atoms with Crippen LogP contribution in [0.2, 0.25) is 0 Å². The Bertz CT molecular complexity index is 1070. The number of anilines is 1. The van der Waals surface area contributed by atoms with Crippen LogP contribution in [0.1, 0.15) is 30.5 Å². The van der Waals surface area contributed by atoms with Crippen molar-refractivity contribution in [3.05, 3.63) is 65.9 Å². The van der Waals surface area contributed by atoms with Crippen molar-refractivity contribution in [2.75, 3.05) is 25.2 Å². The molecule has 0 aliphatic carbocycles. The van der Waals surface area contributed by atoms with Crippen LogP contribution in [0.4, 0.5) is 5.13 Å². The molecule has 6 nitrogen and oxygen atoms in total. The predicted octanol–water partition coefficient (Wildman–Crippen LogP) is 4.24. The van der Waals surface area contributed by atoms with Gasteiger partial charge < -0.3 is 9.64 Å². The van der Waals surface area contributed by atoms with Gasteiger partial charge in [-0.1, -0.05) is 47.7 Å². The molecule has 30 heavy (non-hydrogen) atoms. The molecule has 2 heterocycles. The Hall–Kier alpha value is -3.03. The molecule has 0 radical (unpaired) electrons. The molecule has 1 aromatic heterocycles. The Kier molecular flexibility index (Phi) is 5.92. The number of aromatic nitrogens is 1. The molecule has 0 spiro atoms. The number of methoxy groups -OCH3 is 1. The largest absolute Gasteiger partial charge is 0.383 e. The number of carbonyl (C=O) groups excluding carboxylic acids is 2. The molecular formula is C23H23N3O3S. The van der Waals surface area contributed by atoms with E-state index in [0.717, 1.165) is 21.3 Å². The van der Waals surface area contributed by atoms with Crippen LogP contribution in [0.3, 0.4) is 0 Å². The number of ether oxygens (including phenoxy) is 1. The van der Waals surface area contributed by atoms with Crippen molar-refractivity contribution >= 4 is 44.6 Å². The van der Waals surface area contributed by atoms with Gasteiger partial charge in [0.2, 0.25) is 11.8 Å². The number of rotatable bonds is 6. The highest BCUT2D eigenvalue weighted by Gasteiger charge is 2.31.